The summed E-state index contributed by atoms with van der Waals surface area (Å²) in [5.74, 6) is -2.77. The fraction of sp³-hybridized carbons (Fsp3) is 0.409. The van der Waals surface area contributed by atoms with Gasteiger partial charge in [-0.1, -0.05) is 30.5 Å². The molecule has 1 aromatic carbocycles. The van der Waals surface area contributed by atoms with Gasteiger partial charge in [-0.3, -0.25) is 14.4 Å². The Hall–Kier alpha value is -2.38. The molecule has 2 amide bonds. The molecule has 1 heterocycles. The molecule has 2 aliphatic rings. The highest BCUT2D eigenvalue weighted by atomic mass is 35.5. The summed E-state index contributed by atoms with van der Waals surface area (Å²) in [4.78, 5) is 38.8. The second-order valence-corrected chi connectivity index (χ2v) is 9.39. The molecule has 0 saturated heterocycles. The lowest BCUT2D eigenvalue weighted by Gasteiger charge is -2.27. The zero-order valence-corrected chi connectivity index (χ0v) is 17.9. The number of hydrogen-bond acceptors (Lipinski definition) is 4. The smallest absolute Gasteiger partial charge is 0.307 e. The summed E-state index contributed by atoms with van der Waals surface area (Å²) >= 11 is 7.44. The average molecular weight is 447 g/mol. The number of benzene rings is 1. The van der Waals surface area contributed by atoms with Gasteiger partial charge in [0.05, 0.1) is 17.4 Å². The Morgan fingerprint density at radius 2 is 1.80 bits per heavy atom. The predicted molar refractivity (Wildman–Crippen MR) is 117 cm³/mol. The third-order valence-corrected chi connectivity index (χ3v) is 7.33. The molecule has 1 fully saturated rings. The van der Waals surface area contributed by atoms with Crippen LogP contribution in [0.5, 0.6) is 0 Å². The molecular weight excluding hydrogens is 424 g/mol. The van der Waals surface area contributed by atoms with E-state index in [0.717, 1.165) is 42.5 Å². The molecule has 1 saturated carbocycles. The summed E-state index contributed by atoms with van der Waals surface area (Å²) < 4.78 is 0. The topological polar surface area (TPSA) is 95.5 Å². The number of rotatable bonds is 5. The first-order valence-electron chi connectivity index (χ1n) is 10.2. The highest BCUT2D eigenvalue weighted by molar-refractivity contribution is 7.17. The molecule has 8 heteroatoms. The molecule has 2 aromatic rings. The summed E-state index contributed by atoms with van der Waals surface area (Å²) in [6.45, 7) is 0. The fourth-order valence-electron chi connectivity index (χ4n) is 4.44. The second-order valence-electron chi connectivity index (χ2n) is 7.85. The molecule has 0 bridgehead atoms. The van der Waals surface area contributed by atoms with E-state index in [1.807, 2.05) is 0 Å². The fourth-order valence-corrected chi connectivity index (χ4v) is 5.92. The summed E-state index contributed by atoms with van der Waals surface area (Å²) in [7, 11) is 0. The number of halogens is 1. The minimum absolute atomic E-state index is 0.287. The number of amides is 2. The Morgan fingerprint density at radius 1 is 1.03 bits per heavy atom. The van der Waals surface area contributed by atoms with Crippen LogP contribution in [0.1, 0.15) is 52.9 Å². The monoisotopic (exact) mass is 446 g/mol. The van der Waals surface area contributed by atoms with E-state index >= 15 is 0 Å². The molecular formula is C22H23ClN2O4S. The van der Waals surface area contributed by atoms with Crippen LogP contribution in [0.2, 0.25) is 5.02 Å². The van der Waals surface area contributed by atoms with Gasteiger partial charge in [-0.05, 0) is 55.9 Å². The van der Waals surface area contributed by atoms with Gasteiger partial charge in [-0.15, -0.1) is 11.3 Å². The van der Waals surface area contributed by atoms with Crippen LogP contribution in [0.3, 0.4) is 0 Å². The van der Waals surface area contributed by atoms with E-state index in [4.69, 9.17) is 11.6 Å². The normalized spacial score (nSPS) is 20.4. The Kier molecular flexibility index (Phi) is 6.11. The number of anilines is 2. The van der Waals surface area contributed by atoms with Crippen LogP contribution in [0.25, 0.3) is 0 Å². The number of carboxylic acids is 1. The first-order chi connectivity index (χ1) is 14.4. The van der Waals surface area contributed by atoms with E-state index in [-0.39, 0.29) is 11.8 Å². The first kappa shape index (κ1) is 20.9. The van der Waals surface area contributed by atoms with E-state index in [0.29, 0.717) is 34.1 Å². The van der Waals surface area contributed by atoms with E-state index in [1.165, 1.54) is 11.3 Å². The van der Waals surface area contributed by atoms with Crippen molar-refractivity contribution in [2.45, 2.75) is 44.9 Å². The highest BCUT2D eigenvalue weighted by Gasteiger charge is 2.37. The van der Waals surface area contributed by atoms with Crippen LogP contribution in [-0.4, -0.2) is 22.9 Å². The van der Waals surface area contributed by atoms with E-state index in [1.54, 1.807) is 24.3 Å². The van der Waals surface area contributed by atoms with Crippen LogP contribution in [-0.2, 0) is 22.4 Å². The summed E-state index contributed by atoms with van der Waals surface area (Å²) in [5, 5.41) is 16.3. The van der Waals surface area contributed by atoms with Crippen molar-refractivity contribution in [1.29, 1.82) is 0 Å². The van der Waals surface area contributed by atoms with Gasteiger partial charge in [0.2, 0.25) is 5.91 Å². The van der Waals surface area contributed by atoms with Gasteiger partial charge in [0.15, 0.2) is 0 Å². The SMILES string of the molecule is O=C(Nc1cccc(Cl)c1)c1c(NC(=O)C2CCCCC2C(=O)O)sc2c1CCC2. The lowest BCUT2D eigenvalue weighted by atomic mass is 9.79. The van der Waals surface area contributed by atoms with Gasteiger partial charge in [0.25, 0.3) is 5.91 Å². The molecule has 0 radical (unpaired) electrons. The van der Waals surface area contributed by atoms with Gasteiger partial charge >= 0.3 is 5.97 Å². The lowest BCUT2D eigenvalue weighted by molar-refractivity contribution is -0.147. The van der Waals surface area contributed by atoms with Crippen molar-refractivity contribution in [1.82, 2.24) is 0 Å². The zero-order chi connectivity index (χ0) is 21.3. The Balaban J connectivity index is 1.59. The molecule has 158 valence electrons. The minimum Gasteiger partial charge on any atom is -0.481 e. The number of thiophene rings is 1. The van der Waals surface area contributed by atoms with Crippen LogP contribution < -0.4 is 10.6 Å². The number of carboxylic acid groups (broad SMARTS) is 1. The first-order valence-corrected chi connectivity index (χ1v) is 11.4. The molecule has 4 rings (SSSR count). The summed E-state index contributed by atoms with van der Waals surface area (Å²) in [5.41, 5.74) is 2.05. The van der Waals surface area contributed by atoms with Gasteiger partial charge in [-0.25, -0.2) is 0 Å². The summed E-state index contributed by atoms with van der Waals surface area (Å²) in [6.07, 6.45) is 5.38. The second kappa shape index (κ2) is 8.78. The number of fused-ring (bicyclic) bond motifs is 1. The number of aryl methyl sites for hydroxylation is 1. The Bertz CT molecular complexity index is 1000. The van der Waals surface area contributed by atoms with Gasteiger partial charge < -0.3 is 15.7 Å². The molecule has 2 atom stereocenters. The van der Waals surface area contributed by atoms with Crippen molar-refractivity contribution >= 4 is 51.4 Å². The minimum atomic E-state index is -0.928. The van der Waals surface area contributed by atoms with Crippen molar-refractivity contribution in [3.05, 3.63) is 45.3 Å². The largest absolute Gasteiger partial charge is 0.481 e. The predicted octanol–water partition coefficient (Wildman–Crippen LogP) is 4.97. The van der Waals surface area contributed by atoms with Crippen LogP contribution in [0.15, 0.2) is 24.3 Å². The van der Waals surface area contributed by atoms with Gasteiger partial charge in [-0.2, -0.15) is 0 Å². The number of carbonyl (C=O) groups is 3. The number of nitrogens with one attached hydrogen (secondary N) is 2. The maximum Gasteiger partial charge on any atom is 0.307 e. The number of hydrogen-bond donors (Lipinski definition) is 3. The Labute approximate surface area is 183 Å². The number of aliphatic carboxylic acids is 1. The van der Waals surface area contributed by atoms with Crippen LogP contribution in [0, 0.1) is 11.8 Å². The molecule has 1 aromatic heterocycles. The standard InChI is InChI=1S/C22H23ClN2O4S/c23-12-5-3-6-13(11-12)24-20(27)18-16-9-4-10-17(16)30-21(18)25-19(26)14-7-1-2-8-15(14)22(28)29/h3,5-6,11,14-15H,1-2,4,7-10H2,(H,24,27)(H,25,26)(H,28,29). The van der Waals surface area contributed by atoms with Crippen LogP contribution in [0.4, 0.5) is 10.7 Å². The van der Waals surface area contributed by atoms with Crippen molar-refractivity contribution in [2.75, 3.05) is 10.6 Å². The maximum absolute atomic E-state index is 13.1. The summed E-state index contributed by atoms with van der Waals surface area (Å²) in [6, 6.07) is 6.92. The molecule has 2 unspecified atom stereocenters. The Morgan fingerprint density at radius 3 is 2.53 bits per heavy atom. The zero-order valence-electron chi connectivity index (χ0n) is 16.4. The van der Waals surface area contributed by atoms with Crippen molar-refractivity contribution in [3.8, 4) is 0 Å². The van der Waals surface area contributed by atoms with Gasteiger partial charge in [0, 0.05) is 15.6 Å². The van der Waals surface area contributed by atoms with Crippen molar-refractivity contribution in [3.63, 3.8) is 0 Å². The third-order valence-electron chi connectivity index (χ3n) is 5.89. The number of carbonyl (C=O) groups excluding carboxylic acids is 2. The molecule has 0 aliphatic heterocycles. The van der Waals surface area contributed by atoms with E-state index in [9.17, 15) is 19.5 Å². The third kappa shape index (κ3) is 4.23. The van der Waals surface area contributed by atoms with Gasteiger partial charge in [0.1, 0.15) is 5.00 Å². The lowest BCUT2D eigenvalue weighted by Crippen LogP contribution is -2.36. The maximum atomic E-state index is 13.1. The van der Waals surface area contributed by atoms with E-state index < -0.39 is 17.8 Å². The van der Waals surface area contributed by atoms with Crippen molar-refractivity contribution < 1.29 is 19.5 Å². The highest BCUT2D eigenvalue weighted by Crippen LogP contribution is 2.40. The van der Waals surface area contributed by atoms with Crippen LogP contribution >= 0.6 is 22.9 Å². The molecule has 3 N–H and O–H groups in total. The molecule has 6 nitrogen and oxygen atoms in total. The quantitative estimate of drug-likeness (QED) is 0.604. The molecule has 30 heavy (non-hydrogen) atoms. The molecule has 0 spiro atoms. The average Bonchev–Trinajstić information content (AvgIpc) is 3.28. The van der Waals surface area contributed by atoms with Crippen molar-refractivity contribution in [2.24, 2.45) is 11.8 Å². The molecule has 2 aliphatic carbocycles. The van der Waals surface area contributed by atoms with E-state index in [2.05, 4.69) is 10.6 Å².